The third-order valence-electron chi connectivity index (χ3n) is 4.77. The molecule has 0 amide bonds. The van der Waals surface area contributed by atoms with Crippen LogP contribution in [-0.4, -0.2) is 19.8 Å². The lowest BCUT2D eigenvalue weighted by Gasteiger charge is -2.13. The van der Waals surface area contributed by atoms with E-state index in [1.807, 2.05) is 0 Å². The van der Waals surface area contributed by atoms with Crippen LogP contribution >= 0.6 is 0 Å². The molecule has 0 saturated heterocycles. The van der Waals surface area contributed by atoms with Crippen LogP contribution in [0.5, 0.6) is 0 Å². The van der Waals surface area contributed by atoms with Crippen molar-refractivity contribution in [2.24, 2.45) is 17.6 Å². The highest BCUT2D eigenvalue weighted by atomic mass is 16.5. The molecule has 1 saturated carbocycles. The van der Waals surface area contributed by atoms with E-state index in [2.05, 4.69) is 24.3 Å². The molecule has 0 heterocycles. The van der Waals surface area contributed by atoms with Gasteiger partial charge in [0.15, 0.2) is 0 Å². The number of ether oxygens (including phenoxy) is 1. The fourth-order valence-corrected chi connectivity index (χ4v) is 3.86. The van der Waals surface area contributed by atoms with Crippen LogP contribution in [0.2, 0.25) is 0 Å². The van der Waals surface area contributed by atoms with Crippen LogP contribution in [-0.2, 0) is 11.2 Å². The summed E-state index contributed by atoms with van der Waals surface area (Å²) in [5, 5.41) is 0. The molecular weight excluding hydrogens is 222 g/mol. The van der Waals surface area contributed by atoms with Gasteiger partial charge in [-0.25, -0.2) is 0 Å². The van der Waals surface area contributed by atoms with Crippen molar-refractivity contribution < 1.29 is 4.74 Å². The molecule has 2 nitrogen and oxygen atoms in total. The Labute approximate surface area is 110 Å². The number of rotatable bonds is 5. The Balaban J connectivity index is 1.65. The maximum absolute atomic E-state index is 6.38. The Hall–Kier alpha value is -0.860. The van der Waals surface area contributed by atoms with Crippen molar-refractivity contribution in [1.29, 1.82) is 0 Å². The van der Waals surface area contributed by atoms with Gasteiger partial charge in [0.25, 0.3) is 0 Å². The molecule has 2 heteroatoms. The van der Waals surface area contributed by atoms with Crippen molar-refractivity contribution in [3.63, 3.8) is 0 Å². The van der Waals surface area contributed by atoms with Gasteiger partial charge >= 0.3 is 0 Å². The maximum Gasteiger partial charge on any atom is 0.0462 e. The van der Waals surface area contributed by atoms with E-state index in [0.29, 0.717) is 6.04 Å². The lowest BCUT2D eigenvalue weighted by atomic mass is 9.92. The molecule has 1 aromatic rings. The number of fused-ring (bicyclic) bond motifs is 3. The Morgan fingerprint density at radius 1 is 1.39 bits per heavy atom. The first kappa shape index (κ1) is 12.2. The zero-order valence-electron chi connectivity index (χ0n) is 11.1. The molecule has 1 fully saturated rings. The molecule has 0 spiro atoms. The average Bonchev–Trinajstić information content (AvgIpc) is 3.14. The predicted molar refractivity (Wildman–Crippen MR) is 73.6 cm³/mol. The van der Waals surface area contributed by atoms with Gasteiger partial charge in [-0.3, -0.25) is 0 Å². The van der Waals surface area contributed by atoms with Crippen LogP contribution in [0.3, 0.4) is 0 Å². The molecule has 0 bridgehead atoms. The Kier molecular flexibility index (Phi) is 3.40. The molecule has 2 aliphatic rings. The molecule has 0 radical (unpaired) electrons. The van der Waals surface area contributed by atoms with Gasteiger partial charge in [0.2, 0.25) is 0 Å². The number of benzene rings is 1. The summed E-state index contributed by atoms with van der Waals surface area (Å²) in [6.07, 6.45) is 4.78. The van der Waals surface area contributed by atoms with Gasteiger partial charge in [-0.15, -0.1) is 0 Å². The van der Waals surface area contributed by atoms with E-state index in [9.17, 15) is 0 Å². The minimum absolute atomic E-state index is 0.362. The molecule has 2 N–H and O–H groups in total. The van der Waals surface area contributed by atoms with E-state index in [-0.39, 0.29) is 0 Å². The molecule has 0 aliphatic heterocycles. The van der Waals surface area contributed by atoms with Gasteiger partial charge in [0.05, 0.1) is 0 Å². The highest BCUT2D eigenvalue weighted by molar-refractivity contribution is 5.39. The lowest BCUT2D eigenvalue weighted by Crippen LogP contribution is -2.24. The first-order valence-corrected chi connectivity index (χ1v) is 7.15. The first-order valence-electron chi connectivity index (χ1n) is 7.15. The Bertz CT molecular complexity index is 417. The highest BCUT2D eigenvalue weighted by Crippen LogP contribution is 2.61. The van der Waals surface area contributed by atoms with Crippen molar-refractivity contribution in [1.82, 2.24) is 0 Å². The van der Waals surface area contributed by atoms with Gasteiger partial charge in [-0.2, -0.15) is 0 Å². The molecule has 98 valence electrons. The molecule has 2 aliphatic carbocycles. The molecule has 4 unspecified atom stereocenters. The topological polar surface area (TPSA) is 35.2 Å². The van der Waals surface area contributed by atoms with Gasteiger partial charge in [-0.1, -0.05) is 24.3 Å². The molecule has 0 aromatic heterocycles. The normalized spacial score (nSPS) is 30.4. The molecule has 1 aromatic carbocycles. The van der Waals surface area contributed by atoms with Crippen LogP contribution in [0, 0.1) is 11.8 Å². The van der Waals surface area contributed by atoms with Crippen molar-refractivity contribution in [3.05, 3.63) is 35.4 Å². The Morgan fingerprint density at radius 2 is 2.22 bits per heavy atom. The first-order chi connectivity index (χ1) is 8.83. The largest absolute Gasteiger partial charge is 0.385 e. The minimum atomic E-state index is 0.362. The molecular formula is C16H23NO. The zero-order valence-corrected chi connectivity index (χ0v) is 11.1. The quantitative estimate of drug-likeness (QED) is 0.810. The smallest absolute Gasteiger partial charge is 0.0462 e. The van der Waals surface area contributed by atoms with Gasteiger partial charge < -0.3 is 10.5 Å². The third kappa shape index (κ3) is 2.08. The maximum atomic E-state index is 6.38. The summed E-state index contributed by atoms with van der Waals surface area (Å²) in [5.74, 6) is 2.34. The monoisotopic (exact) mass is 245 g/mol. The summed E-state index contributed by atoms with van der Waals surface area (Å²) in [6, 6.07) is 9.30. The van der Waals surface area contributed by atoms with Crippen LogP contribution in [0.4, 0.5) is 0 Å². The van der Waals surface area contributed by atoms with E-state index in [1.165, 1.54) is 12.8 Å². The van der Waals surface area contributed by atoms with E-state index >= 15 is 0 Å². The van der Waals surface area contributed by atoms with Crippen LogP contribution < -0.4 is 5.73 Å². The lowest BCUT2D eigenvalue weighted by molar-refractivity contribution is 0.189. The number of hydrogen-bond acceptors (Lipinski definition) is 2. The minimum Gasteiger partial charge on any atom is -0.385 e. The molecule has 18 heavy (non-hydrogen) atoms. The van der Waals surface area contributed by atoms with E-state index in [4.69, 9.17) is 10.5 Å². The number of nitrogens with two attached hydrogens (primary N) is 1. The van der Waals surface area contributed by atoms with Crippen molar-refractivity contribution in [2.75, 3.05) is 13.7 Å². The SMILES string of the molecule is COCCCC(N)C1C2CCc3ccccc3C21. The van der Waals surface area contributed by atoms with E-state index < -0.39 is 0 Å². The standard InChI is InChI=1S/C16H23NO/c1-18-10-4-7-14(17)16-13-9-8-11-5-2-3-6-12(11)15(13)16/h2-3,5-6,13-16H,4,7-10,17H2,1H3. The number of hydrogen-bond donors (Lipinski definition) is 1. The van der Waals surface area contributed by atoms with Crippen molar-refractivity contribution >= 4 is 0 Å². The van der Waals surface area contributed by atoms with Crippen molar-refractivity contribution in [3.8, 4) is 0 Å². The average molecular weight is 245 g/mol. The zero-order chi connectivity index (χ0) is 12.5. The number of aryl methyl sites for hydroxylation is 1. The summed E-state index contributed by atoms with van der Waals surface area (Å²) < 4.78 is 5.11. The highest BCUT2D eigenvalue weighted by Gasteiger charge is 2.55. The second-order valence-corrected chi connectivity index (χ2v) is 5.80. The molecule has 4 atom stereocenters. The second kappa shape index (κ2) is 5.02. The third-order valence-corrected chi connectivity index (χ3v) is 4.77. The summed E-state index contributed by atoms with van der Waals surface area (Å²) in [4.78, 5) is 0. The van der Waals surface area contributed by atoms with Crippen LogP contribution in [0.25, 0.3) is 0 Å². The fourth-order valence-electron chi connectivity index (χ4n) is 3.86. The fraction of sp³-hybridized carbons (Fsp3) is 0.625. The summed E-state index contributed by atoms with van der Waals surface area (Å²) in [5.41, 5.74) is 9.53. The number of methoxy groups -OCH3 is 1. The summed E-state index contributed by atoms with van der Waals surface area (Å²) in [6.45, 7) is 0.840. The summed E-state index contributed by atoms with van der Waals surface area (Å²) >= 11 is 0. The second-order valence-electron chi connectivity index (χ2n) is 5.80. The van der Waals surface area contributed by atoms with Gasteiger partial charge in [-0.05, 0) is 54.6 Å². The van der Waals surface area contributed by atoms with Gasteiger partial charge in [0, 0.05) is 19.8 Å². The molecule has 3 rings (SSSR count). The van der Waals surface area contributed by atoms with Crippen LogP contribution in [0.1, 0.15) is 36.3 Å². The van der Waals surface area contributed by atoms with E-state index in [0.717, 1.165) is 37.2 Å². The Morgan fingerprint density at radius 3 is 3.06 bits per heavy atom. The van der Waals surface area contributed by atoms with Crippen LogP contribution in [0.15, 0.2) is 24.3 Å². The predicted octanol–water partition coefficient (Wildman–Crippen LogP) is 2.72. The van der Waals surface area contributed by atoms with E-state index in [1.54, 1.807) is 18.2 Å². The van der Waals surface area contributed by atoms with Crippen molar-refractivity contribution in [2.45, 2.75) is 37.6 Å². The van der Waals surface area contributed by atoms with Gasteiger partial charge in [0.1, 0.15) is 0 Å². The summed E-state index contributed by atoms with van der Waals surface area (Å²) in [7, 11) is 1.76.